The van der Waals surface area contributed by atoms with Crippen molar-refractivity contribution in [2.75, 3.05) is 0 Å². The Hall–Kier alpha value is -1.02. The summed E-state index contributed by atoms with van der Waals surface area (Å²) in [6, 6.07) is 0. The molecule has 0 amide bonds. The average Bonchev–Trinajstić information content (AvgIpc) is 2.34. The number of hydrogen-bond acceptors (Lipinski definition) is 3. The summed E-state index contributed by atoms with van der Waals surface area (Å²) in [7, 11) is 3.11. The molecule has 4 nitrogen and oxygen atoms in total. The first-order chi connectivity index (χ1) is 4.88. The van der Waals surface area contributed by atoms with E-state index in [-0.39, 0.29) is 0 Å². The van der Waals surface area contributed by atoms with Gasteiger partial charge >= 0.3 is 0 Å². The fourth-order valence-corrected chi connectivity index (χ4v) is 1.65. The molecule has 50 valence electrons. The smallest absolute Gasteiger partial charge is 0.170 e. The second-order valence-corrected chi connectivity index (χ2v) is 2.97. The summed E-state index contributed by atoms with van der Waals surface area (Å²) < 4.78 is 1.95. The Labute approximate surface area is 59.0 Å². The van der Waals surface area contributed by atoms with E-state index in [1.165, 1.54) is 0 Å². The summed E-state index contributed by atoms with van der Waals surface area (Å²) in [5.41, 5.74) is 0.914. The van der Waals surface area contributed by atoms with Crippen molar-refractivity contribution in [1.82, 2.24) is 20.0 Å². The van der Waals surface area contributed by atoms with E-state index in [4.69, 9.17) is 0 Å². The van der Waals surface area contributed by atoms with Gasteiger partial charge in [0.25, 0.3) is 0 Å². The molecule has 0 unspecified atom stereocenters. The van der Waals surface area contributed by atoms with Crippen molar-refractivity contribution in [1.29, 1.82) is 0 Å². The first kappa shape index (κ1) is 5.74. The van der Waals surface area contributed by atoms with Gasteiger partial charge in [0.05, 0.1) is 11.3 Å². The summed E-state index contributed by atoms with van der Waals surface area (Å²) in [4.78, 5) is 0. The van der Waals surface area contributed by atoms with Gasteiger partial charge in [-0.3, -0.25) is 0 Å². The number of aryl methyl sites for hydroxylation is 1. The van der Waals surface area contributed by atoms with Crippen molar-refractivity contribution in [2.24, 2.45) is 7.05 Å². The van der Waals surface area contributed by atoms with Crippen LogP contribution >= 0.6 is 8.19 Å². The summed E-state index contributed by atoms with van der Waals surface area (Å²) in [5, 5.41) is 12.2. The van der Waals surface area contributed by atoms with Gasteiger partial charge in [-0.2, -0.15) is 0 Å². The van der Waals surface area contributed by atoms with E-state index in [9.17, 15) is 0 Å². The molecule has 5 heteroatoms. The SMILES string of the molecule is Cn1cpc2cnnnc21. The van der Waals surface area contributed by atoms with Crippen LogP contribution in [0.15, 0.2) is 12.1 Å². The molecule has 0 saturated heterocycles. The predicted octanol–water partition coefficient (Wildman–Crippen LogP) is 0.943. The maximum Gasteiger partial charge on any atom is 0.170 e. The quantitative estimate of drug-likeness (QED) is 0.564. The van der Waals surface area contributed by atoms with Crippen LogP contribution in [0.3, 0.4) is 0 Å². The maximum atomic E-state index is 3.87. The molecule has 0 fully saturated rings. The maximum absolute atomic E-state index is 3.87. The monoisotopic (exact) mass is 152 g/mol. The van der Waals surface area contributed by atoms with Gasteiger partial charge in [0, 0.05) is 13.0 Å². The Kier molecular flexibility index (Phi) is 1.14. The van der Waals surface area contributed by atoms with Crippen LogP contribution in [0.5, 0.6) is 0 Å². The van der Waals surface area contributed by atoms with Gasteiger partial charge < -0.3 is 4.57 Å². The fraction of sp³-hybridized carbons (Fsp3) is 0.200. The average molecular weight is 152 g/mol. The minimum Gasteiger partial charge on any atom is -0.329 e. The molecule has 0 radical (unpaired) electrons. The third-order valence-electron chi connectivity index (χ3n) is 1.30. The third-order valence-corrected chi connectivity index (χ3v) is 2.36. The Morgan fingerprint density at radius 3 is 3.30 bits per heavy atom. The lowest BCUT2D eigenvalue weighted by molar-refractivity contribution is 0.851. The van der Waals surface area contributed by atoms with E-state index in [1.807, 2.05) is 17.5 Å². The van der Waals surface area contributed by atoms with Gasteiger partial charge in [0.1, 0.15) is 0 Å². The number of rotatable bonds is 0. The Bertz CT molecular complexity index is 355. The molecule has 0 atom stereocenters. The predicted molar refractivity (Wildman–Crippen MR) is 38.8 cm³/mol. The molecule has 2 aromatic rings. The van der Waals surface area contributed by atoms with Gasteiger partial charge in [-0.1, -0.05) is 0 Å². The van der Waals surface area contributed by atoms with Gasteiger partial charge in [-0.15, -0.1) is 10.2 Å². The molecule has 0 aromatic carbocycles. The van der Waals surface area contributed by atoms with Gasteiger partial charge in [0.15, 0.2) is 5.65 Å². The molecule has 0 saturated carbocycles. The molecular formula is C5H5N4P. The Morgan fingerprint density at radius 1 is 1.60 bits per heavy atom. The zero-order valence-electron chi connectivity index (χ0n) is 5.39. The summed E-state index contributed by atoms with van der Waals surface area (Å²) in [5.74, 6) is 2.03. The molecule has 2 rings (SSSR count). The molecule has 0 N–H and O–H groups in total. The van der Waals surface area contributed by atoms with Crippen LogP contribution < -0.4 is 0 Å². The van der Waals surface area contributed by atoms with Gasteiger partial charge in [-0.25, -0.2) is 0 Å². The van der Waals surface area contributed by atoms with Crippen LogP contribution in [-0.2, 0) is 7.05 Å². The highest BCUT2D eigenvalue weighted by Gasteiger charge is 1.97. The molecule has 0 aliphatic rings. The molecule has 0 aliphatic carbocycles. The summed E-state index contributed by atoms with van der Waals surface area (Å²) in [6.45, 7) is 0. The van der Waals surface area contributed by atoms with E-state index in [1.54, 1.807) is 6.20 Å². The lowest BCUT2D eigenvalue weighted by Crippen LogP contribution is -1.90. The van der Waals surface area contributed by atoms with Crippen molar-refractivity contribution in [3.63, 3.8) is 0 Å². The lowest BCUT2D eigenvalue weighted by atomic mass is 10.6. The highest BCUT2D eigenvalue weighted by Crippen LogP contribution is 2.19. The van der Waals surface area contributed by atoms with E-state index < -0.39 is 0 Å². The van der Waals surface area contributed by atoms with Crippen molar-refractivity contribution in [2.45, 2.75) is 0 Å². The van der Waals surface area contributed by atoms with Crippen LogP contribution in [-0.4, -0.2) is 20.0 Å². The van der Waals surface area contributed by atoms with E-state index in [2.05, 4.69) is 15.4 Å². The standard InChI is InChI=1S/C5H5N4P/c1-9-3-10-4-2-6-8-7-5(4)9/h2-3H,1H3. The van der Waals surface area contributed by atoms with Gasteiger partial charge in [-0.05, 0) is 13.4 Å². The highest BCUT2D eigenvalue weighted by molar-refractivity contribution is 7.36. The van der Waals surface area contributed by atoms with Crippen molar-refractivity contribution < 1.29 is 0 Å². The second kappa shape index (κ2) is 1.99. The molecule has 0 spiro atoms. The number of nitrogens with zero attached hydrogens (tertiary/aromatic N) is 4. The molecule has 2 aromatic heterocycles. The molecule has 0 aliphatic heterocycles. The topological polar surface area (TPSA) is 43.6 Å². The zero-order valence-corrected chi connectivity index (χ0v) is 6.29. The van der Waals surface area contributed by atoms with E-state index in [0.717, 1.165) is 19.0 Å². The minimum absolute atomic E-state index is 0.914. The molecular weight excluding hydrogens is 147 g/mol. The summed E-state index contributed by atoms with van der Waals surface area (Å²) >= 11 is 0. The Morgan fingerprint density at radius 2 is 2.50 bits per heavy atom. The third kappa shape index (κ3) is 0.693. The first-order valence-electron chi connectivity index (χ1n) is 2.83. The van der Waals surface area contributed by atoms with E-state index >= 15 is 0 Å². The van der Waals surface area contributed by atoms with Crippen LogP contribution in [0.1, 0.15) is 0 Å². The summed E-state index contributed by atoms with van der Waals surface area (Å²) in [6.07, 6.45) is 1.74. The van der Waals surface area contributed by atoms with Crippen LogP contribution in [0.4, 0.5) is 0 Å². The largest absolute Gasteiger partial charge is 0.329 e. The van der Waals surface area contributed by atoms with Crippen LogP contribution in [0.25, 0.3) is 10.8 Å². The van der Waals surface area contributed by atoms with E-state index in [0.29, 0.717) is 0 Å². The highest BCUT2D eigenvalue weighted by atomic mass is 31.0. The number of hydrogen-bond donors (Lipinski definition) is 0. The first-order valence-corrected chi connectivity index (χ1v) is 3.79. The van der Waals surface area contributed by atoms with Gasteiger partial charge in [0.2, 0.25) is 0 Å². The van der Waals surface area contributed by atoms with Crippen molar-refractivity contribution in [3.05, 3.63) is 12.1 Å². The number of fused-ring (bicyclic) bond motifs is 1. The Balaban J connectivity index is 2.93. The molecule has 0 bridgehead atoms. The van der Waals surface area contributed by atoms with Crippen molar-refractivity contribution in [3.8, 4) is 0 Å². The lowest BCUT2D eigenvalue weighted by Gasteiger charge is -1.88. The normalized spacial score (nSPS) is 11.3. The minimum atomic E-state index is 0.914. The second-order valence-electron chi connectivity index (χ2n) is 2.00. The molecule has 10 heavy (non-hydrogen) atoms. The molecule has 2 heterocycles. The fourth-order valence-electron chi connectivity index (χ4n) is 0.803. The zero-order chi connectivity index (χ0) is 6.97. The number of aromatic nitrogens is 4. The van der Waals surface area contributed by atoms with Crippen LogP contribution in [0.2, 0.25) is 0 Å². The van der Waals surface area contributed by atoms with Crippen molar-refractivity contribution >= 4 is 19.0 Å². The van der Waals surface area contributed by atoms with Crippen LogP contribution in [0, 0.1) is 0 Å².